The minimum Gasteiger partial charge on any atom is -0.478 e. The first-order chi connectivity index (χ1) is 17.3. The molecule has 0 saturated heterocycles. The van der Waals surface area contributed by atoms with Crippen LogP contribution in [0.25, 0.3) is 11.0 Å². The number of hydrogen-bond donors (Lipinski definition) is 2. The van der Waals surface area contributed by atoms with Gasteiger partial charge in [-0.15, -0.1) is 0 Å². The molecule has 2 N–H and O–H groups in total. The molecule has 184 valence electrons. The first kappa shape index (κ1) is 23.2. The van der Waals surface area contributed by atoms with Gasteiger partial charge in [0.2, 0.25) is 5.91 Å². The zero-order chi connectivity index (χ0) is 25.4. The Morgan fingerprint density at radius 1 is 1.14 bits per heavy atom. The van der Waals surface area contributed by atoms with Crippen molar-refractivity contribution in [2.45, 2.75) is 25.9 Å². The average molecular weight is 489 g/mol. The molecule has 4 aromatic rings. The van der Waals surface area contributed by atoms with Crippen LogP contribution in [0, 0.1) is 0 Å². The number of carboxylic acids is 1. The molecule has 3 heterocycles. The van der Waals surface area contributed by atoms with E-state index in [1.165, 1.54) is 10.7 Å². The maximum atomic E-state index is 13.4. The van der Waals surface area contributed by atoms with Crippen LogP contribution in [0.3, 0.4) is 0 Å². The van der Waals surface area contributed by atoms with Crippen molar-refractivity contribution in [2.75, 3.05) is 18.9 Å². The highest BCUT2D eigenvalue weighted by atomic mass is 16.6. The van der Waals surface area contributed by atoms with E-state index in [4.69, 9.17) is 4.63 Å². The highest BCUT2D eigenvalue weighted by Gasteiger charge is 2.37. The van der Waals surface area contributed by atoms with Gasteiger partial charge in [-0.3, -0.25) is 9.59 Å². The van der Waals surface area contributed by atoms with Gasteiger partial charge in [-0.1, -0.05) is 42.5 Å². The Bertz CT molecular complexity index is 1550. The molecule has 36 heavy (non-hydrogen) atoms. The number of allylic oxidation sites excluding steroid dienone is 1. The summed E-state index contributed by atoms with van der Waals surface area (Å²) < 4.78 is 7.27. The van der Waals surface area contributed by atoms with Gasteiger partial charge in [0.05, 0.1) is 5.57 Å². The zero-order valence-electron chi connectivity index (χ0n) is 19.7. The third-order valence-electron chi connectivity index (χ3n) is 6.25. The lowest BCUT2D eigenvalue weighted by Gasteiger charge is -2.30. The largest absolute Gasteiger partial charge is 0.478 e. The summed E-state index contributed by atoms with van der Waals surface area (Å²) in [7, 11) is 1.90. The van der Waals surface area contributed by atoms with Crippen molar-refractivity contribution in [2.24, 2.45) is 0 Å². The van der Waals surface area contributed by atoms with E-state index in [-0.39, 0.29) is 12.0 Å². The summed E-state index contributed by atoms with van der Waals surface area (Å²) in [6.07, 6.45) is 0.0558. The molecule has 2 aromatic carbocycles. The predicted molar refractivity (Wildman–Crippen MR) is 131 cm³/mol. The van der Waals surface area contributed by atoms with E-state index in [1.54, 1.807) is 25.1 Å². The predicted octanol–water partition coefficient (Wildman–Crippen LogP) is 2.72. The lowest BCUT2D eigenvalue weighted by atomic mass is 9.94. The van der Waals surface area contributed by atoms with Gasteiger partial charge in [-0.05, 0) is 35.9 Å². The molecule has 0 amide bonds. The van der Waals surface area contributed by atoms with Crippen LogP contribution < -0.4 is 10.9 Å². The maximum Gasteiger partial charge on any atom is 0.335 e. The van der Waals surface area contributed by atoms with Crippen molar-refractivity contribution in [1.82, 2.24) is 24.6 Å². The molecule has 0 radical (unpaired) electrons. The number of aromatic nitrogens is 4. The van der Waals surface area contributed by atoms with Crippen molar-refractivity contribution in [3.63, 3.8) is 0 Å². The van der Waals surface area contributed by atoms with Crippen molar-refractivity contribution >= 4 is 28.7 Å². The summed E-state index contributed by atoms with van der Waals surface area (Å²) >= 11 is 0. The number of anilines is 1. The summed E-state index contributed by atoms with van der Waals surface area (Å²) in [6, 6.07) is 15.2. The number of nitrogens with one attached hydrogen (secondary N) is 1. The molecule has 0 spiro atoms. The fourth-order valence-corrected chi connectivity index (χ4v) is 4.61. The van der Waals surface area contributed by atoms with Crippen LogP contribution >= 0.6 is 0 Å². The normalized spacial score (nSPS) is 15.2. The Kier molecular flexibility index (Phi) is 5.98. The van der Waals surface area contributed by atoms with Crippen molar-refractivity contribution < 1.29 is 19.3 Å². The molecule has 1 aliphatic rings. The van der Waals surface area contributed by atoms with Crippen LogP contribution in [-0.4, -0.2) is 55.2 Å². The van der Waals surface area contributed by atoms with E-state index >= 15 is 0 Å². The van der Waals surface area contributed by atoms with Gasteiger partial charge >= 0.3 is 5.97 Å². The maximum absolute atomic E-state index is 13.4. The second-order valence-electron chi connectivity index (χ2n) is 8.74. The molecule has 0 saturated carbocycles. The van der Waals surface area contributed by atoms with Crippen LogP contribution in [0.5, 0.6) is 0 Å². The highest BCUT2D eigenvalue weighted by Crippen LogP contribution is 2.38. The number of aliphatic carboxylic acids is 1. The Balaban J connectivity index is 1.53. The summed E-state index contributed by atoms with van der Waals surface area (Å²) in [5.41, 5.74) is 2.13. The van der Waals surface area contributed by atoms with E-state index < -0.39 is 23.5 Å². The van der Waals surface area contributed by atoms with E-state index in [0.717, 1.165) is 10.2 Å². The number of carbonyl (C=O) groups is 2. The van der Waals surface area contributed by atoms with Crippen LogP contribution in [-0.2, 0) is 11.3 Å². The Hall–Kier alpha value is -4.51. The van der Waals surface area contributed by atoms with Crippen LogP contribution in [0.4, 0.5) is 5.82 Å². The lowest BCUT2D eigenvalue weighted by molar-refractivity contribution is -0.133. The summed E-state index contributed by atoms with van der Waals surface area (Å²) in [5.74, 6) is -1.33. The van der Waals surface area contributed by atoms with Crippen LogP contribution in [0.2, 0.25) is 0 Å². The van der Waals surface area contributed by atoms with Gasteiger partial charge in [0.1, 0.15) is 22.9 Å². The zero-order valence-corrected chi connectivity index (χ0v) is 19.7. The number of hydrogen-bond acceptors (Lipinski definition) is 8. The van der Waals surface area contributed by atoms with Crippen molar-refractivity contribution in [3.05, 3.63) is 87.3 Å². The summed E-state index contributed by atoms with van der Waals surface area (Å²) in [4.78, 5) is 40.7. The van der Waals surface area contributed by atoms with Crippen molar-refractivity contribution in [1.29, 1.82) is 0 Å². The number of nitrogens with zero attached hydrogens (tertiary/aromatic N) is 5. The first-order valence-corrected chi connectivity index (χ1v) is 11.4. The molecular weight excluding hydrogens is 464 g/mol. The lowest BCUT2D eigenvalue weighted by Crippen LogP contribution is -2.37. The van der Waals surface area contributed by atoms with E-state index in [9.17, 15) is 19.5 Å². The second-order valence-corrected chi connectivity index (χ2v) is 8.74. The fraction of sp³-hybridized carbons (Fsp3) is 0.240. The van der Waals surface area contributed by atoms with Gasteiger partial charge in [0, 0.05) is 36.8 Å². The highest BCUT2D eigenvalue weighted by molar-refractivity contribution is 5.93. The van der Waals surface area contributed by atoms with E-state index in [0.29, 0.717) is 41.2 Å². The minimum absolute atomic E-state index is 0.0173. The summed E-state index contributed by atoms with van der Waals surface area (Å²) in [6.45, 7) is 2.66. The topological polar surface area (TPSA) is 135 Å². The third kappa shape index (κ3) is 4.09. The molecule has 0 fully saturated rings. The van der Waals surface area contributed by atoms with E-state index in [1.807, 2.05) is 42.3 Å². The number of fused-ring (bicyclic) bond motifs is 2. The van der Waals surface area contributed by atoms with E-state index in [2.05, 4.69) is 15.6 Å². The molecular formula is C25H24N6O5. The molecule has 5 rings (SSSR count). The molecule has 0 aliphatic carbocycles. The van der Waals surface area contributed by atoms with Crippen molar-refractivity contribution in [3.8, 4) is 0 Å². The minimum atomic E-state index is -1.19. The molecule has 0 bridgehead atoms. The number of carboxylic acid groups (broad SMARTS) is 1. The second kappa shape index (κ2) is 9.27. The molecule has 1 aliphatic heterocycles. The quantitative estimate of drug-likeness (QED) is 0.402. The molecule has 11 nitrogen and oxygen atoms in total. The Labute approximate surface area is 205 Å². The first-order valence-electron chi connectivity index (χ1n) is 11.4. The summed E-state index contributed by atoms with van der Waals surface area (Å²) in [5, 5.41) is 20.9. The van der Waals surface area contributed by atoms with Gasteiger partial charge in [-0.2, -0.15) is 4.68 Å². The fourth-order valence-electron chi connectivity index (χ4n) is 4.61. The van der Waals surface area contributed by atoms with Crippen LogP contribution in [0.15, 0.2) is 75.3 Å². The van der Waals surface area contributed by atoms with Crippen LogP contribution in [0.1, 0.15) is 35.3 Å². The number of benzene rings is 2. The smallest absolute Gasteiger partial charge is 0.335 e. The standard InChI is InChI=1S/C25H24N6O5/c1-15-22(25(34)35)24(17-9-6-10-18-23(17)28-36-27-18)30-19(26-15)13-21(33)31(30)20(32)11-12-29(2)14-16-7-4-3-5-8-16/h3-10,13,24,26H,11-12,14H2,1-2H3,(H,34,35). The van der Waals surface area contributed by atoms with Gasteiger partial charge in [0.15, 0.2) is 0 Å². The number of rotatable bonds is 7. The molecule has 2 aromatic heterocycles. The third-order valence-corrected chi connectivity index (χ3v) is 6.25. The number of carbonyl (C=O) groups excluding carboxylic acids is 1. The Morgan fingerprint density at radius 2 is 1.92 bits per heavy atom. The molecule has 1 atom stereocenters. The van der Waals surface area contributed by atoms with Gasteiger partial charge in [-0.25, -0.2) is 14.1 Å². The SMILES string of the molecule is CC1=C(C(=O)O)C(c2cccc3nonc23)n2c(cc(=O)n2C(=O)CCN(C)Cc2ccccc2)N1. The molecule has 1 unspecified atom stereocenters. The average Bonchev–Trinajstić information content (AvgIpc) is 3.45. The Morgan fingerprint density at radius 3 is 2.67 bits per heavy atom. The van der Waals surface area contributed by atoms with Gasteiger partial charge in [0.25, 0.3) is 5.56 Å². The monoisotopic (exact) mass is 488 g/mol. The van der Waals surface area contributed by atoms with Gasteiger partial charge < -0.3 is 15.3 Å². The molecule has 11 heteroatoms.